The SMILES string of the molecule is C=C(C)C(=C(C)C=COCCN1CCOCC1)c1cccc(OCc2ccc(CCC(=O)O)cc2)n1. The molecule has 0 unspecified atom stereocenters. The van der Waals surface area contributed by atoms with Gasteiger partial charge < -0.3 is 19.3 Å². The number of aliphatic carboxylic acids is 1. The normalized spacial score (nSPS) is 14.9. The predicted octanol–water partition coefficient (Wildman–Crippen LogP) is 4.89. The van der Waals surface area contributed by atoms with Crippen LogP contribution in [0.25, 0.3) is 5.57 Å². The highest BCUT2D eigenvalue weighted by Gasteiger charge is 2.11. The minimum Gasteiger partial charge on any atom is -0.500 e. The first-order chi connectivity index (χ1) is 17.4. The molecule has 0 amide bonds. The molecular weight excluding hydrogens is 456 g/mol. The van der Waals surface area contributed by atoms with Gasteiger partial charge in [-0.25, -0.2) is 4.98 Å². The van der Waals surface area contributed by atoms with Crippen molar-refractivity contribution in [2.24, 2.45) is 0 Å². The Balaban J connectivity index is 1.58. The second-order valence-electron chi connectivity index (χ2n) is 8.83. The lowest BCUT2D eigenvalue weighted by Crippen LogP contribution is -2.38. The number of pyridine rings is 1. The maximum atomic E-state index is 10.7. The molecule has 0 radical (unpaired) electrons. The second-order valence-corrected chi connectivity index (χ2v) is 8.83. The predicted molar refractivity (Wildman–Crippen MR) is 141 cm³/mol. The van der Waals surface area contributed by atoms with E-state index >= 15 is 0 Å². The van der Waals surface area contributed by atoms with E-state index in [2.05, 4.69) is 11.5 Å². The summed E-state index contributed by atoms with van der Waals surface area (Å²) in [5.74, 6) is -0.265. The third kappa shape index (κ3) is 8.98. The van der Waals surface area contributed by atoms with Crippen molar-refractivity contribution in [3.63, 3.8) is 0 Å². The molecule has 0 atom stereocenters. The molecule has 1 aromatic heterocycles. The van der Waals surface area contributed by atoms with E-state index in [1.165, 1.54) is 0 Å². The fourth-order valence-corrected chi connectivity index (χ4v) is 3.91. The topological polar surface area (TPSA) is 81.1 Å². The lowest BCUT2D eigenvalue weighted by atomic mass is 9.99. The van der Waals surface area contributed by atoms with Gasteiger partial charge in [-0.15, -0.1) is 0 Å². The Labute approximate surface area is 213 Å². The number of allylic oxidation sites excluding steroid dienone is 4. The highest BCUT2D eigenvalue weighted by molar-refractivity contribution is 5.79. The molecular formula is C29H36N2O5. The first-order valence-corrected chi connectivity index (χ1v) is 12.3. The van der Waals surface area contributed by atoms with Gasteiger partial charge in [0.1, 0.15) is 6.61 Å². The second kappa shape index (κ2) is 14.2. The largest absolute Gasteiger partial charge is 0.500 e. The Morgan fingerprint density at radius 3 is 2.56 bits per heavy atom. The van der Waals surface area contributed by atoms with Gasteiger partial charge in [0, 0.05) is 37.7 Å². The molecule has 0 spiro atoms. The van der Waals surface area contributed by atoms with Crippen molar-refractivity contribution < 1.29 is 24.1 Å². The lowest BCUT2D eigenvalue weighted by molar-refractivity contribution is -0.136. The zero-order chi connectivity index (χ0) is 25.8. The van der Waals surface area contributed by atoms with Crippen LogP contribution < -0.4 is 4.74 Å². The summed E-state index contributed by atoms with van der Waals surface area (Å²) in [7, 11) is 0. The van der Waals surface area contributed by atoms with Crippen LogP contribution in [-0.4, -0.2) is 60.4 Å². The zero-order valence-electron chi connectivity index (χ0n) is 21.2. The molecule has 3 rings (SSSR count). The minimum atomic E-state index is -0.793. The van der Waals surface area contributed by atoms with E-state index in [0.29, 0.717) is 25.5 Å². The van der Waals surface area contributed by atoms with E-state index in [1.807, 2.05) is 62.4 Å². The monoisotopic (exact) mass is 492 g/mol. The Kier molecular flexibility index (Phi) is 10.7. The van der Waals surface area contributed by atoms with Gasteiger partial charge in [0.25, 0.3) is 0 Å². The summed E-state index contributed by atoms with van der Waals surface area (Å²) in [6.07, 6.45) is 4.33. The number of aryl methyl sites for hydroxylation is 1. The Morgan fingerprint density at radius 2 is 1.86 bits per heavy atom. The maximum absolute atomic E-state index is 10.7. The van der Waals surface area contributed by atoms with Crippen LogP contribution >= 0.6 is 0 Å². The fourth-order valence-electron chi connectivity index (χ4n) is 3.91. The van der Waals surface area contributed by atoms with E-state index in [-0.39, 0.29) is 6.42 Å². The molecule has 0 bridgehead atoms. The van der Waals surface area contributed by atoms with Crippen LogP contribution in [-0.2, 0) is 27.3 Å². The number of hydrogen-bond donors (Lipinski definition) is 1. The van der Waals surface area contributed by atoms with E-state index in [0.717, 1.165) is 66.4 Å². The fraction of sp³-hybridized carbons (Fsp3) is 0.379. The Bertz CT molecular complexity index is 1070. The third-order valence-corrected chi connectivity index (χ3v) is 5.88. The number of benzene rings is 1. The molecule has 1 N–H and O–H groups in total. The average molecular weight is 493 g/mol. The average Bonchev–Trinajstić information content (AvgIpc) is 2.87. The molecule has 0 saturated carbocycles. The molecule has 2 heterocycles. The molecule has 192 valence electrons. The number of ether oxygens (including phenoxy) is 3. The number of carboxylic acids is 1. The summed E-state index contributed by atoms with van der Waals surface area (Å²) in [6, 6.07) is 13.5. The van der Waals surface area contributed by atoms with Gasteiger partial charge in [-0.3, -0.25) is 9.69 Å². The number of rotatable bonds is 13. The number of carbonyl (C=O) groups is 1. The summed E-state index contributed by atoms with van der Waals surface area (Å²) in [6.45, 7) is 13.5. The van der Waals surface area contributed by atoms with Gasteiger partial charge in [-0.1, -0.05) is 36.9 Å². The van der Waals surface area contributed by atoms with Gasteiger partial charge in [-0.2, -0.15) is 0 Å². The number of morpholine rings is 1. The third-order valence-electron chi connectivity index (χ3n) is 5.88. The Hall–Kier alpha value is -3.42. The van der Waals surface area contributed by atoms with Gasteiger partial charge in [0.15, 0.2) is 0 Å². The van der Waals surface area contributed by atoms with Crippen LogP contribution in [0.15, 0.2) is 72.5 Å². The molecule has 7 heteroatoms. The molecule has 1 aliphatic rings. The number of carboxylic acid groups (broad SMARTS) is 1. The van der Waals surface area contributed by atoms with Crippen LogP contribution in [0, 0.1) is 0 Å². The standard InChI is InChI=1S/C29H36N2O5/c1-22(2)29(23(3)13-17-34-18-14-31-15-19-35-20-16-31)26-5-4-6-27(30-26)36-21-25-9-7-24(8-10-25)11-12-28(32)33/h4-10,13,17H,1,11-12,14-16,18-21H2,2-3H3,(H,32,33). The van der Waals surface area contributed by atoms with E-state index < -0.39 is 5.97 Å². The van der Waals surface area contributed by atoms with Gasteiger partial charge in [-0.05, 0) is 54.7 Å². The minimum absolute atomic E-state index is 0.125. The molecule has 1 fully saturated rings. The molecule has 1 saturated heterocycles. The first kappa shape index (κ1) is 27.2. The van der Waals surface area contributed by atoms with Crippen molar-refractivity contribution in [3.8, 4) is 5.88 Å². The van der Waals surface area contributed by atoms with Crippen LogP contribution in [0.2, 0.25) is 0 Å². The molecule has 2 aromatic rings. The van der Waals surface area contributed by atoms with Gasteiger partial charge in [0.05, 0.1) is 31.8 Å². The number of aromatic nitrogens is 1. The zero-order valence-corrected chi connectivity index (χ0v) is 21.2. The summed E-state index contributed by atoms with van der Waals surface area (Å²) >= 11 is 0. The van der Waals surface area contributed by atoms with E-state index in [4.69, 9.17) is 24.3 Å². The smallest absolute Gasteiger partial charge is 0.303 e. The van der Waals surface area contributed by atoms with Crippen molar-refractivity contribution in [1.82, 2.24) is 9.88 Å². The number of nitrogens with zero attached hydrogens (tertiary/aromatic N) is 2. The quantitative estimate of drug-likeness (QED) is 0.242. The van der Waals surface area contributed by atoms with Crippen molar-refractivity contribution in [2.45, 2.75) is 33.3 Å². The molecule has 36 heavy (non-hydrogen) atoms. The maximum Gasteiger partial charge on any atom is 0.303 e. The van der Waals surface area contributed by atoms with Crippen molar-refractivity contribution >= 4 is 11.5 Å². The molecule has 0 aliphatic carbocycles. The lowest BCUT2D eigenvalue weighted by Gasteiger charge is -2.25. The van der Waals surface area contributed by atoms with Gasteiger partial charge in [0.2, 0.25) is 5.88 Å². The number of hydrogen-bond acceptors (Lipinski definition) is 6. The van der Waals surface area contributed by atoms with E-state index in [9.17, 15) is 4.79 Å². The summed E-state index contributed by atoms with van der Waals surface area (Å²) in [4.78, 5) is 17.8. The van der Waals surface area contributed by atoms with Crippen LogP contribution in [0.1, 0.15) is 37.1 Å². The van der Waals surface area contributed by atoms with Crippen molar-refractivity contribution in [3.05, 3.63) is 89.3 Å². The first-order valence-electron chi connectivity index (χ1n) is 12.3. The van der Waals surface area contributed by atoms with Crippen LogP contribution in [0.4, 0.5) is 0 Å². The summed E-state index contributed by atoms with van der Waals surface area (Å²) < 4.78 is 17.0. The van der Waals surface area contributed by atoms with E-state index in [1.54, 1.807) is 6.26 Å². The highest BCUT2D eigenvalue weighted by atomic mass is 16.5. The summed E-state index contributed by atoms with van der Waals surface area (Å²) in [5.41, 5.74) is 5.65. The summed E-state index contributed by atoms with van der Waals surface area (Å²) in [5, 5.41) is 8.83. The van der Waals surface area contributed by atoms with Crippen molar-refractivity contribution in [2.75, 3.05) is 39.5 Å². The van der Waals surface area contributed by atoms with Crippen molar-refractivity contribution in [1.29, 1.82) is 0 Å². The molecule has 7 nitrogen and oxygen atoms in total. The van der Waals surface area contributed by atoms with Gasteiger partial charge >= 0.3 is 5.97 Å². The Morgan fingerprint density at radius 1 is 1.14 bits per heavy atom. The highest BCUT2D eigenvalue weighted by Crippen LogP contribution is 2.26. The van der Waals surface area contributed by atoms with Crippen LogP contribution in [0.3, 0.4) is 0 Å². The van der Waals surface area contributed by atoms with Crippen LogP contribution in [0.5, 0.6) is 5.88 Å². The molecule has 1 aromatic carbocycles. The molecule has 1 aliphatic heterocycles.